The van der Waals surface area contributed by atoms with Crippen LogP contribution in [-0.4, -0.2) is 33.9 Å². The lowest BCUT2D eigenvalue weighted by molar-refractivity contribution is 0.0746. The van der Waals surface area contributed by atoms with Gasteiger partial charge in [-0.3, -0.25) is 9.78 Å². The number of carbonyl (C=O) groups excluding carboxylic acids is 1. The number of pyridine rings is 1. The van der Waals surface area contributed by atoms with E-state index in [9.17, 15) is 4.79 Å². The molecule has 4 heteroatoms. The van der Waals surface area contributed by atoms with E-state index in [1.165, 1.54) is 0 Å². The fourth-order valence-corrected chi connectivity index (χ4v) is 2.25. The second-order valence-electron chi connectivity index (χ2n) is 5.12. The fourth-order valence-electron chi connectivity index (χ4n) is 2.25. The van der Waals surface area contributed by atoms with Gasteiger partial charge in [-0.1, -0.05) is 26.7 Å². The van der Waals surface area contributed by atoms with Crippen LogP contribution in [0.25, 0.3) is 11.0 Å². The van der Waals surface area contributed by atoms with Crippen LogP contribution in [0.5, 0.6) is 0 Å². The highest BCUT2D eigenvalue weighted by Gasteiger charge is 2.17. The maximum Gasteiger partial charge on any atom is 0.270 e. The van der Waals surface area contributed by atoms with E-state index in [-0.39, 0.29) is 5.91 Å². The molecule has 1 amide bonds. The lowest BCUT2D eigenvalue weighted by atomic mass is 10.2. The van der Waals surface area contributed by atoms with Crippen LogP contribution in [0.2, 0.25) is 0 Å². The van der Waals surface area contributed by atoms with Gasteiger partial charge in [0, 0.05) is 19.3 Å². The zero-order valence-electron chi connectivity index (χ0n) is 12.4. The number of amides is 1. The number of nitrogens with zero attached hydrogens (tertiary/aromatic N) is 2. The van der Waals surface area contributed by atoms with Crippen molar-refractivity contribution in [3.63, 3.8) is 0 Å². The molecule has 2 rings (SSSR count). The number of rotatable bonds is 7. The highest BCUT2D eigenvalue weighted by atomic mass is 16.2. The molecule has 20 heavy (non-hydrogen) atoms. The molecule has 0 saturated carbocycles. The van der Waals surface area contributed by atoms with E-state index in [1.54, 1.807) is 6.20 Å². The Morgan fingerprint density at radius 2 is 1.95 bits per heavy atom. The van der Waals surface area contributed by atoms with Crippen molar-refractivity contribution in [2.45, 2.75) is 39.5 Å². The number of aromatic amines is 1. The number of H-pyrrole nitrogens is 1. The maximum absolute atomic E-state index is 12.6. The summed E-state index contributed by atoms with van der Waals surface area (Å²) in [6, 6.07) is 5.67. The molecule has 0 aliphatic carbocycles. The van der Waals surface area contributed by atoms with Crippen molar-refractivity contribution in [1.82, 2.24) is 14.9 Å². The number of hydrogen-bond acceptors (Lipinski definition) is 2. The Hall–Kier alpha value is -1.84. The van der Waals surface area contributed by atoms with Crippen LogP contribution in [0.15, 0.2) is 24.4 Å². The summed E-state index contributed by atoms with van der Waals surface area (Å²) in [6.45, 7) is 5.96. The second-order valence-corrected chi connectivity index (χ2v) is 5.12. The first-order chi connectivity index (χ1) is 9.76. The normalized spacial score (nSPS) is 10.9. The van der Waals surface area contributed by atoms with Crippen molar-refractivity contribution in [2.75, 3.05) is 13.1 Å². The first-order valence-corrected chi connectivity index (χ1v) is 7.49. The van der Waals surface area contributed by atoms with Crippen molar-refractivity contribution in [3.05, 3.63) is 30.1 Å². The van der Waals surface area contributed by atoms with Gasteiger partial charge >= 0.3 is 0 Å². The molecule has 0 radical (unpaired) electrons. The minimum Gasteiger partial charge on any atom is -0.349 e. The Kier molecular flexibility index (Phi) is 5.16. The van der Waals surface area contributed by atoms with Gasteiger partial charge in [-0.05, 0) is 31.0 Å². The molecule has 2 heterocycles. The predicted octanol–water partition coefficient (Wildman–Crippen LogP) is 3.61. The lowest BCUT2D eigenvalue weighted by Crippen LogP contribution is -2.33. The minimum atomic E-state index is 0.0879. The standard InChI is InChI=1S/C16H23N3O/c1-3-5-10-19(11-6-4-2)16(20)15-12-14-13(18-15)8-7-9-17-14/h7-9,12,18H,3-6,10-11H2,1-2H3. The molecular weight excluding hydrogens is 250 g/mol. The van der Waals surface area contributed by atoms with E-state index in [1.807, 2.05) is 23.1 Å². The Morgan fingerprint density at radius 3 is 2.55 bits per heavy atom. The van der Waals surface area contributed by atoms with Gasteiger partial charge in [0.15, 0.2) is 0 Å². The number of fused-ring (bicyclic) bond motifs is 1. The van der Waals surface area contributed by atoms with Gasteiger partial charge in [0.1, 0.15) is 5.69 Å². The van der Waals surface area contributed by atoms with Crippen molar-refractivity contribution in [1.29, 1.82) is 0 Å². The van der Waals surface area contributed by atoms with Crippen LogP contribution in [0.4, 0.5) is 0 Å². The maximum atomic E-state index is 12.6. The molecule has 0 saturated heterocycles. The van der Waals surface area contributed by atoms with Crippen molar-refractivity contribution < 1.29 is 4.79 Å². The van der Waals surface area contributed by atoms with Crippen molar-refractivity contribution >= 4 is 16.9 Å². The Balaban J connectivity index is 2.16. The quantitative estimate of drug-likeness (QED) is 0.837. The summed E-state index contributed by atoms with van der Waals surface area (Å²) in [5.41, 5.74) is 2.41. The van der Waals surface area contributed by atoms with Crippen molar-refractivity contribution in [3.8, 4) is 0 Å². The molecule has 0 fully saturated rings. The average molecular weight is 273 g/mol. The molecule has 0 unspecified atom stereocenters. The average Bonchev–Trinajstić information content (AvgIpc) is 2.90. The molecule has 0 aliphatic heterocycles. The summed E-state index contributed by atoms with van der Waals surface area (Å²) in [4.78, 5) is 22.0. The van der Waals surface area contributed by atoms with Crippen LogP contribution >= 0.6 is 0 Å². The summed E-state index contributed by atoms with van der Waals surface area (Å²) < 4.78 is 0. The van der Waals surface area contributed by atoms with E-state index >= 15 is 0 Å². The summed E-state index contributed by atoms with van der Waals surface area (Å²) in [6.07, 6.45) is 6.05. The monoisotopic (exact) mass is 273 g/mol. The van der Waals surface area contributed by atoms with Gasteiger partial charge in [-0.15, -0.1) is 0 Å². The predicted molar refractivity (Wildman–Crippen MR) is 81.8 cm³/mol. The number of aromatic nitrogens is 2. The zero-order chi connectivity index (χ0) is 14.4. The van der Waals surface area contributed by atoms with Gasteiger partial charge in [0.25, 0.3) is 5.91 Å². The van der Waals surface area contributed by atoms with Crippen molar-refractivity contribution in [2.24, 2.45) is 0 Å². The molecule has 0 spiro atoms. The number of hydrogen-bond donors (Lipinski definition) is 1. The third-order valence-electron chi connectivity index (χ3n) is 3.47. The first kappa shape index (κ1) is 14.6. The van der Waals surface area contributed by atoms with Gasteiger partial charge in [-0.2, -0.15) is 0 Å². The van der Waals surface area contributed by atoms with E-state index < -0.39 is 0 Å². The molecule has 0 atom stereocenters. The van der Waals surface area contributed by atoms with E-state index in [2.05, 4.69) is 23.8 Å². The van der Waals surface area contributed by atoms with Gasteiger partial charge in [-0.25, -0.2) is 0 Å². The smallest absolute Gasteiger partial charge is 0.270 e. The second kappa shape index (κ2) is 7.08. The molecule has 2 aromatic rings. The Morgan fingerprint density at radius 1 is 1.25 bits per heavy atom. The highest BCUT2D eigenvalue weighted by molar-refractivity contribution is 5.97. The highest BCUT2D eigenvalue weighted by Crippen LogP contribution is 2.14. The number of nitrogens with one attached hydrogen (secondary N) is 1. The first-order valence-electron chi connectivity index (χ1n) is 7.49. The SMILES string of the molecule is CCCCN(CCCC)C(=O)c1cc2ncccc2[nH]1. The lowest BCUT2D eigenvalue weighted by Gasteiger charge is -2.21. The minimum absolute atomic E-state index is 0.0879. The molecule has 1 N–H and O–H groups in total. The summed E-state index contributed by atoms with van der Waals surface area (Å²) in [5, 5.41) is 0. The molecule has 0 bridgehead atoms. The van der Waals surface area contributed by atoms with Crippen LogP contribution in [-0.2, 0) is 0 Å². The van der Waals surface area contributed by atoms with E-state index in [0.29, 0.717) is 5.69 Å². The molecular formula is C16H23N3O. The topological polar surface area (TPSA) is 49.0 Å². The fraction of sp³-hybridized carbons (Fsp3) is 0.500. The molecule has 0 aliphatic rings. The molecule has 0 aromatic carbocycles. The largest absolute Gasteiger partial charge is 0.349 e. The van der Waals surface area contributed by atoms with Gasteiger partial charge in [0.2, 0.25) is 0 Å². The van der Waals surface area contributed by atoms with Gasteiger partial charge < -0.3 is 9.88 Å². The van der Waals surface area contributed by atoms with Crippen LogP contribution in [0, 0.1) is 0 Å². The van der Waals surface area contributed by atoms with Crippen LogP contribution in [0.1, 0.15) is 50.0 Å². The zero-order valence-corrected chi connectivity index (χ0v) is 12.4. The Labute approximate surface area is 120 Å². The number of carbonyl (C=O) groups is 1. The molecule has 108 valence electrons. The number of unbranched alkanes of at least 4 members (excludes halogenated alkanes) is 2. The van der Waals surface area contributed by atoms with Crippen LogP contribution < -0.4 is 0 Å². The van der Waals surface area contributed by atoms with Crippen LogP contribution in [0.3, 0.4) is 0 Å². The third-order valence-corrected chi connectivity index (χ3v) is 3.47. The van der Waals surface area contributed by atoms with E-state index in [4.69, 9.17) is 0 Å². The summed E-state index contributed by atoms with van der Waals surface area (Å²) in [7, 11) is 0. The molecule has 2 aromatic heterocycles. The van der Waals surface area contributed by atoms with E-state index in [0.717, 1.165) is 49.8 Å². The summed E-state index contributed by atoms with van der Waals surface area (Å²) >= 11 is 0. The third kappa shape index (κ3) is 3.38. The Bertz CT molecular complexity index is 521. The molecule has 4 nitrogen and oxygen atoms in total. The summed E-state index contributed by atoms with van der Waals surface area (Å²) in [5.74, 6) is 0.0879. The van der Waals surface area contributed by atoms with Gasteiger partial charge in [0.05, 0.1) is 11.0 Å².